The summed E-state index contributed by atoms with van der Waals surface area (Å²) in [6.07, 6.45) is 2.88. The van der Waals surface area contributed by atoms with Crippen molar-refractivity contribution in [1.29, 1.82) is 0 Å². The molecule has 3 aromatic rings. The SMILES string of the molecule is C[C@@H](NC(=O)Cn1cncn1)c1ccc(NC(=O)Nc2ccccc2)cc1. The number of para-hydroxylation sites is 1. The number of rotatable bonds is 6. The topological polar surface area (TPSA) is 101 Å². The number of benzene rings is 2. The van der Waals surface area contributed by atoms with Crippen LogP contribution >= 0.6 is 0 Å². The highest BCUT2D eigenvalue weighted by Gasteiger charge is 2.11. The smallest absolute Gasteiger partial charge is 0.323 e. The lowest BCUT2D eigenvalue weighted by Gasteiger charge is -2.15. The third-order valence-electron chi connectivity index (χ3n) is 3.85. The molecule has 0 aliphatic heterocycles. The van der Waals surface area contributed by atoms with Crippen LogP contribution in [0.4, 0.5) is 16.2 Å². The van der Waals surface area contributed by atoms with Gasteiger partial charge < -0.3 is 16.0 Å². The van der Waals surface area contributed by atoms with Gasteiger partial charge in [-0.25, -0.2) is 14.5 Å². The number of anilines is 2. The lowest BCUT2D eigenvalue weighted by molar-refractivity contribution is -0.122. The molecule has 0 unspecified atom stereocenters. The van der Waals surface area contributed by atoms with Crippen molar-refractivity contribution in [3.05, 3.63) is 72.8 Å². The van der Waals surface area contributed by atoms with Crippen LogP contribution in [0.5, 0.6) is 0 Å². The van der Waals surface area contributed by atoms with E-state index in [9.17, 15) is 9.59 Å². The van der Waals surface area contributed by atoms with Gasteiger partial charge in [0, 0.05) is 11.4 Å². The molecule has 0 aliphatic rings. The Balaban J connectivity index is 1.51. The van der Waals surface area contributed by atoms with Crippen molar-refractivity contribution in [2.75, 3.05) is 10.6 Å². The molecule has 8 heteroatoms. The van der Waals surface area contributed by atoms with Crippen molar-refractivity contribution >= 4 is 23.3 Å². The Morgan fingerprint density at radius 1 is 1.00 bits per heavy atom. The van der Waals surface area contributed by atoms with Gasteiger partial charge in [0.1, 0.15) is 19.2 Å². The van der Waals surface area contributed by atoms with E-state index >= 15 is 0 Å². The van der Waals surface area contributed by atoms with Crippen LogP contribution in [0.2, 0.25) is 0 Å². The molecule has 0 saturated heterocycles. The van der Waals surface area contributed by atoms with E-state index in [2.05, 4.69) is 26.0 Å². The average molecular weight is 364 g/mol. The highest BCUT2D eigenvalue weighted by Crippen LogP contribution is 2.16. The van der Waals surface area contributed by atoms with Crippen LogP contribution in [0.15, 0.2) is 67.3 Å². The van der Waals surface area contributed by atoms with Crippen LogP contribution in [0.25, 0.3) is 0 Å². The number of urea groups is 1. The van der Waals surface area contributed by atoms with Crippen LogP contribution in [-0.4, -0.2) is 26.7 Å². The number of carbonyl (C=O) groups excluding carboxylic acids is 2. The molecule has 3 rings (SSSR count). The fraction of sp³-hybridized carbons (Fsp3) is 0.158. The lowest BCUT2D eigenvalue weighted by atomic mass is 10.1. The third-order valence-corrected chi connectivity index (χ3v) is 3.85. The molecule has 0 aliphatic carbocycles. The van der Waals surface area contributed by atoms with Gasteiger partial charge >= 0.3 is 6.03 Å². The Labute approximate surface area is 156 Å². The van der Waals surface area contributed by atoms with Crippen molar-refractivity contribution in [1.82, 2.24) is 20.1 Å². The van der Waals surface area contributed by atoms with Crippen molar-refractivity contribution in [2.45, 2.75) is 19.5 Å². The van der Waals surface area contributed by atoms with Gasteiger partial charge in [-0.05, 0) is 36.8 Å². The molecule has 0 fully saturated rings. The molecule has 138 valence electrons. The molecule has 2 aromatic carbocycles. The predicted molar refractivity (Wildman–Crippen MR) is 102 cm³/mol. The second kappa shape index (κ2) is 8.61. The summed E-state index contributed by atoms with van der Waals surface area (Å²) in [5, 5.41) is 12.3. The van der Waals surface area contributed by atoms with E-state index in [4.69, 9.17) is 0 Å². The van der Waals surface area contributed by atoms with Crippen LogP contribution in [-0.2, 0) is 11.3 Å². The van der Waals surface area contributed by atoms with Crippen molar-refractivity contribution in [3.63, 3.8) is 0 Å². The Hall–Kier alpha value is -3.68. The minimum atomic E-state index is -0.317. The maximum Gasteiger partial charge on any atom is 0.323 e. The zero-order valence-electron chi connectivity index (χ0n) is 14.8. The van der Waals surface area contributed by atoms with E-state index in [0.717, 1.165) is 11.3 Å². The molecule has 1 heterocycles. The summed E-state index contributed by atoms with van der Waals surface area (Å²) in [5.74, 6) is -0.155. The van der Waals surface area contributed by atoms with Gasteiger partial charge in [-0.15, -0.1) is 0 Å². The molecule has 1 atom stereocenters. The quantitative estimate of drug-likeness (QED) is 0.626. The molecule has 8 nitrogen and oxygen atoms in total. The molecule has 0 spiro atoms. The molecular weight excluding hydrogens is 344 g/mol. The number of amides is 3. The van der Waals surface area contributed by atoms with E-state index in [1.54, 1.807) is 12.1 Å². The first-order valence-corrected chi connectivity index (χ1v) is 8.45. The molecular formula is C19H20N6O2. The maximum atomic E-state index is 12.0. The first-order valence-electron chi connectivity index (χ1n) is 8.45. The van der Waals surface area contributed by atoms with E-state index in [-0.39, 0.29) is 24.5 Å². The Morgan fingerprint density at radius 2 is 1.67 bits per heavy atom. The Morgan fingerprint density at radius 3 is 2.30 bits per heavy atom. The van der Waals surface area contributed by atoms with Gasteiger partial charge in [-0.2, -0.15) is 5.10 Å². The Kier molecular flexibility index (Phi) is 5.78. The second-order valence-corrected chi connectivity index (χ2v) is 5.95. The zero-order valence-corrected chi connectivity index (χ0v) is 14.8. The van der Waals surface area contributed by atoms with Crippen LogP contribution < -0.4 is 16.0 Å². The summed E-state index contributed by atoms with van der Waals surface area (Å²) >= 11 is 0. The Bertz CT molecular complexity index is 878. The summed E-state index contributed by atoms with van der Waals surface area (Å²) in [6, 6.07) is 16.0. The zero-order chi connectivity index (χ0) is 19.1. The highest BCUT2D eigenvalue weighted by atomic mass is 16.2. The molecule has 3 amide bonds. The molecule has 27 heavy (non-hydrogen) atoms. The van der Waals surface area contributed by atoms with Gasteiger partial charge in [0.25, 0.3) is 0 Å². The summed E-state index contributed by atoms with van der Waals surface area (Å²) in [6.45, 7) is 2.01. The van der Waals surface area contributed by atoms with Gasteiger partial charge in [0.2, 0.25) is 5.91 Å². The number of carbonyl (C=O) groups is 2. The van der Waals surface area contributed by atoms with Crippen LogP contribution in [0.3, 0.4) is 0 Å². The normalized spacial score (nSPS) is 11.4. The van der Waals surface area contributed by atoms with E-state index in [1.165, 1.54) is 17.3 Å². The number of aromatic nitrogens is 3. The molecule has 1 aromatic heterocycles. The monoisotopic (exact) mass is 364 g/mol. The van der Waals surface area contributed by atoms with Crippen molar-refractivity contribution < 1.29 is 9.59 Å². The molecule has 0 saturated carbocycles. The number of nitrogens with one attached hydrogen (secondary N) is 3. The summed E-state index contributed by atoms with van der Waals surface area (Å²) in [7, 11) is 0. The maximum absolute atomic E-state index is 12.0. The number of nitrogens with zero attached hydrogens (tertiary/aromatic N) is 3. The lowest BCUT2D eigenvalue weighted by Crippen LogP contribution is -2.30. The van der Waals surface area contributed by atoms with E-state index < -0.39 is 0 Å². The van der Waals surface area contributed by atoms with Gasteiger partial charge in [-0.3, -0.25) is 4.79 Å². The fourth-order valence-electron chi connectivity index (χ4n) is 2.50. The van der Waals surface area contributed by atoms with Crippen LogP contribution in [0, 0.1) is 0 Å². The minimum Gasteiger partial charge on any atom is -0.348 e. The predicted octanol–water partition coefficient (Wildman–Crippen LogP) is 2.80. The number of hydrogen-bond donors (Lipinski definition) is 3. The summed E-state index contributed by atoms with van der Waals surface area (Å²) < 4.78 is 1.46. The van der Waals surface area contributed by atoms with Gasteiger partial charge in [0.15, 0.2) is 0 Å². The third kappa shape index (κ3) is 5.40. The van der Waals surface area contributed by atoms with Gasteiger partial charge in [0.05, 0.1) is 6.04 Å². The molecule has 3 N–H and O–H groups in total. The molecule has 0 radical (unpaired) electrons. The standard InChI is InChI=1S/C19H20N6O2/c1-14(22-18(26)11-25-13-20-12-21-25)15-7-9-17(10-8-15)24-19(27)23-16-5-3-2-4-6-16/h2-10,12-14H,11H2,1H3,(H,22,26)(H2,23,24,27)/t14-/m1/s1. The van der Waals surface area contributed by atoms with E-state index in [1.807, 2.05) is 49.4 Å². The molecule has 0 bridgehead atoms. The van der Waals surface area contributed by atoms with E-state index in [0.29, 0.717) is 5.69 Å². The summed E-state index contributed by atoms with van der Waals surface area (Å²) in [4.78, 5) is 27.8. The second-order valence-electron chi connectivity index (χ2n) is 5.95. The van der Waals surface area contributed by atoms with Crippen LogP contribution in [0.1, 0.15) is 18.5 Å². The van der Waals surface area contributed by atoms with Gasteiger partial charge in [-0.1, -0.05) is 30.3 Å². The summed E-state index contributed by atoms with van der Waals surface area (Å²) in [5.41, 5.74) is 2.31. The first kappa shape index (κ1) is 18.1. The number of hydrogen-bond acceptors (Lipinski definition) is 4. The minimum absolute atomic E-state index is 0.115. The van der Waals surface area contributed by atoms with Crippen molar-refractivity contribution in [3.8, 4) is 0 Å². The largest absolute Gasteiger partial charge is 0.348 e. The fourth-order valence-corrected chi connectivity index (χ4v) is 2.50. The average Bonchev–Trinajstić information content (AvgIpc) is 3.15. The highest BCUT2D eigenvalue weighted by molar-refractivity contribution is 5.99. The van der Waals surface area contributed by atoms with Crippen molar-refractivity contribution in [2.24, 2.45) is 0 Å². The first-order chi connectivity index (χ1) is 13.1.